The van der Waals surface area contributed by atoms with Crippen molar-refractivity contribution >= 4 is 32.8 Å². The summed E-state index contributed by atoms with van der Waals surface area (Å²) in [6, 6.07) is 56.0. The third-order valence-electron chi connectivity index (χ3n) is 8.71. The van der Waals surface area contributed by atoms with E-state index in [1.807, 2.05) is 72.8 Å². The van der Waals surface area contributed by atoms with Crippen molar-refractivity contribution in [1.82, 2.24) is 15.0 Å². The maximum absolute atomic E-state index is 6.58. The number of furan rings is 1. The SMILES string of the molecule is c1ccc(-c2ccc(-c3cc(-c4cccc5c4nc(-c4ccccc4)c4c6ccccc6oc54)nc(-c4ccccc4)n3)cc2)cc1. The molecule has 47 heavy (non-hydrogen) atoms. The number of hydrogen-bond donors (Lipinski definition) is 0. The van der Waals surface area contributed by atoms with Gasteiger partial charge in [0.05, 0.1) is 28.0 Å². The van der Waals surface area contributed by atoms with E-state index in [4.69, 9.17) is 19.4 Å². The van der Waals surface area contributed by atoms with Crippen molar-refractivity contribution in [3.05, 3.63) is 164 Å². The van der Waals surface area contributed by atoms with E-state index in [1.54, 1.807) is 0 Å². The molecule has 9 rings (SSSR count). The standard InChI is InChI=1S/C43H27N3O/c1-4-13-28(14-5-1)29-23-25-30(26-24-29)36-27-37(45-43(44-36)32-17-8-3-9-18-32)33-20-12-21-35-41(33)46-40(31-15-6-2-7-16-31)39-34-19-10-11-22-38(34)47-42(35)39/h1-27H. The van der Waals surface area contributed by atoms with Crippen LogP contribution in [0.3, 0.4) is 0 Å². The van der Waals surface area contributed by atoms with Gasteiger partial charge in [0.15, 0.2) is 5.82 Å². The molecule has 0 N–H and O–H groups in total. The summed E-state index contributed by atoms with van der Waals surface area (Å²) < 4.78 is 6.58. The Morgan fingerprint density at radius 1 is 0.404 bits per heavy atom. The van der Waals surface area contributed by atoms with Gasteiger partial charge >= 0.3 is 0 Å². The third-order valence-corrected chi connectivity index (χ3v) is 8.71. The zero-order valence-electron chi connectivity index (χ0n) is 25.3. The zero-order chi connectivity index (χ0) is 31.2. The van der Waals surface area contributed by atoms with Crippen LogP contribution in [0.5, 0.6) is 0 Å². The number of benzene rings is 6. The highest BCUT2D eigenvalue weighted by atomic mass is 16.3. The first-order valence-corrected chi connectivity index (χ1v) is 15.7. The lowest BCUT2D eigenvalue weighted by Gasteiger charge is -2.13. The van der Waals surface area contributed by atoms with Crippen LogP contribution in [-0.2, 0) is 0 Å². The van der Waals surface area contributed by atoms with Crippen LogP contribution in [0.4, 0.5) is 0 Å². The number of hydrogen-bond acceptors (Lipinski definition) is 4. The maximum atomic E-state index is 6.58. The number of fused-ring (bicyclic) bond motifs is 5. The Morgan fingerprint density at radius 2 is 0.979 bits per heavy atom. The molecule has 9 aromatic rings. The monoisotopic (exact) mass is 601 g/mol. The fourth-order valence-electron chi connectivity index (χ4n) is 6.41. The summed E-state index contributed by atoms with van der Waals surface area (Å²) in [5.74, 6) is 0.662. The molecule has 0 spiro atoms. The molecule has 0 saturated carbocycles. The molecule has 220 valence electrons. The summed E-state index contributed by atoms with van der Waals surface area (Å²) >= 11 is 0. The van der Waals surface area contributed by atoms with Crippen molar-refractivity contribution in [3.63, 3.8) is 0 Å². The predicted octanol–water partition coefficient (Wildman–Crippen LogP) is 11.3. The van der Waals surface area contributed by atoms with Gasteiger partial charge in [-0.05, 0) is 29.3 Å². The van der Waals surface area contributed by atoms with Crippen molar-refractivity contribution in [2.75, 3.05) is 0 Å². The number of para-hydroxylation sites is 2. The first kappa shape index (κ1) is 27.0. The van der Waals surface area contributed by atoms with Gasteiger partial charge in [0.1, 0.15) is 11.2 Å². The van der Waals surface area contributed by atoms with Crippen LogP contribution in [0.15, 0.2) is 168 Å². The Hall–Kier alpha value is -6.39. The van der Waals surface area contributed by atoms with E-state index in [0.29, 0.717) is 5.82 Å². The average Bonchev–Trinajstić information content (AvgIpc) is 3.55. The number of pyridine rings is 1. The lowest BCUT2D eigenvalue weighted by Crippen LogP contribution is -1.97. The Morgan fingerprint density at radius 3 is 1.72 bits per heavy atom. The molecule has 0 saturated heterocycles. The molecule has 0 aliphatic heterocycles. The van der Waals surface area contributed by atoms with Crippen molar-refractivity contribution in [1.29, 1.82) is 0 Å². The number of aromatic nitrogens is 3. The molecule has 4 heteroatoms. The molecule has 6 aromatic carbocycles. The minimum absolute atomic E-state index is 0.662. The second kappa shape index (κ2) is 11.2. The van der Waals surface area contributed by atoms with Gasteiger partial charge in [0.2, 0.25) is 0 Å². The van der Waals surface area contributed by atoms with Crippen LogP contribution in [-0.4, -0.2) is 15.0 Å². The fourth-order valence-corrected chi connectivity index (χ4v) is 6.41. The highest BCUT2D eigenvalue weighted by Gasteiger charge is 2.21. The van der Waals surface area contributed by atoms with Crippen LogP contribution >= 0.6 is 0 Å². The van der Waals surface area contributed by atoms with E-state index < -0.39 is 0 Å². The molecule has 0 amide bonds. The zero-order valence-corrected chi connectivity index (χ0v) is 25.3. The van der Waals surface area contributed by atoms with E-state index in [-0.39, 0.29) is 0 Å². The van der Waals surface area contributed by atoms with E-state index in [9.17, 15) is 0 Å². The van der Waals surface area contributed by atoms with Gasteiger partial charge in [-0.15, -0.1) is 0 Å². The fraction of sp³-hybridized carbons (Fsp3) is 0. The van der Waals surface area contributed by atoms with Gasteiger partial charge in [-0.3, -0.25) is 0 Å². The van der Waals surface area contributed by atoms with Crippen LogP contribution in [0.2, 0.25) is 0 Å². The second-order valence-electron chi connectivity index (χ2n) is 11.6. The van der Waals surface area contributed by atoms with E-state index >= 15 is 0 Å². The molecular weight excluding hydrogens is 574 g/mol. The Kier molecular flexibility index (Phi) is 6.43. The summed E-state index contributed by atoms with van der Waals surface area (Å²) in [6.07, 6.45) is 0. The molecule has 0 radical (unpaired) electrons. The smallest absolute Gasteiger partial charge is 0.160 e. The summed E-state index contributed by atoms with van der Waals surface area (Å²) in [6.45, 7) is 0. The Labute approximate surface area is 271 Å². The number of nitrogens with zero attached hydrogens (tertiary/aromatic N) is 3. The van der Waals surface area contributed by atoms with Crippen molar-refractivity contribution in [2.45, 2.75) is 0 Å². The Balaban J connectivity index is 1.29. The highest BCUT2D eigenvalue weighted by molar-refractivity contribution is 6.20. The molecule has 0 aliphatic carbocycles. The van der Waals surface area contributed by atoms with Crippen LogP contribution < -0.4 is 0 Å². The topological polar surface area (TPSA) is 51.8 Å². The second-order valence-corrected chi connectivity index (χ2v) is 11.6. The molecule has 0 atom stereocenters. The molecule has 3 heterocycles. The van der Waals surface area contributed by atoms with Gasteiger partial charge in [-0.1, -0.05) is 146 Å². The lowest BCUT2D eigenvalue weighted by atomic mass is 9.99. The highest BCUT2D eigenvalue weighted by Crippen LogP contribution is 2.42. The van der Waals surface area contributed by atoms with Gasteiger partial charge in [0, 0.05) is 33.0 Å². The molecule has 3 aromatic heterocycles. The largest absolute Gasteiger partial charge is 0.455 e. The molecule has 0 unspecified atom stereocenters. The van der Waals surface area contributed by atoms with E-state index in [1.165, 1.54) is 5.56 Å². The predicted molar refractivity (Wildman–Crippen MR) is 192 cm³/mol. The molecule has 0 bridgehead atoms. The van der Waals surface area contributed by atoms with Crippen molar-refractivity contribution < 1.29 is 4.42 Å². The quantitative estimate of drug-likeness (QED) is 0.197. The summed E-state index contributed by atoms with van der Waals surface area (Å²) in [5, 5.41) is 3.01. The van der Waals surface area contributed by atoms with Crippen molar-refractivity contribution in [2.24, 2.45) is 0 Å². The van der Waals surface area contributed by atoms with Crippen LogP contribution in [0.1, 0.15) is 0 Å². The summed E-state index contributed by atoms with van der Waals surface area (Å²) in [7, 11) is 0. The minimum atomic E-state index is 0.662. The number of rotatable bonds is 5. The molecule has 4 nitrogen and oxygen atoms in total. The minimum Gasteiger partial charge on any atom is -0.455 e. The molecule has 0 aliphatic rings. The first-order chi connectivity index (χ1) is 23.3. The van der Waals surface area contributed by atoms with E-state index in [2.05, 4.69) is 91.0 Å². The first-order valence-electron chi connectivity index (χ1n) is 15.7. The Bertz CT molecular complexity index is 2540. The van der Waals surface area contributed by atoms with Crippen molar-refractivity contribution in [3.8, 4) is 56.3 Å². The lowest BCUT2D eigenvalue weighted by molar-refractivity contribution is 0.672. The van der Waals surface area contributed by atoms with Crippen LogP contribution in [0.25, 0.3) is 89.1 Å². The van der Waals surface area contributed by atoms with Crippen LogP contribution in [0, 0.1) is 0 Å². The average molecular weight is 602 g/mol. The molecule has 0 fully saturated rings. The van der Waals surface area contributed by atoms with Gasteiger partial charge in [-0.25, -0.2) is 15.0 Å². The maximum Gasteiger partial charge on any atom is 0.160 e. The molecular formula is C43H27N3O. The van der Waals surface area contributed by atoms with E-state index in [0.717, 1.165) is 77.7 Å². The summed E-state index contributed by atoms with van der Waals surface area (Å²) in [4.78, 5) is 15.6. The normalized spacial score (nSPS) is 11.4. The summed E-state index contributed by atoms with van der Waals surface area (Å²) in [5.41, 5.74) is 11.3. The van der Waals surface area contributed by atoms with Gasteiger partial charge in [0.25, 0.3) is 0 Å². The van der Waals surface area contributed by atoms with Gasteiger partial charge < -0.3 is 4.42 Å². The third kappa shape index (κ3) is 4.75. The van der Waals surface area contributed by atoms with Gasteiger partial charge in [-0.2, -0.15) is 0 Å².